The maximum absolute atomic E-state index is 5.36. The minimum Gasteiger partial charge on any atom is -0.870 e. The average molecular weight is 434 g/mol. The van der Waals surface area contributed by atoms with Crippen LogP contribution in [0.5, 0.6) is 0 Å². The summed E-state index contributed by atoms with van der Waals surface area (Å²) in [5.74, 6) is 0.700. The number of tetrazole rings is 1. The van der Waals surface area contributed by atoms with Crippen molar-refractivity contribution in [1.29, 1.82) is 0 Å². The number of aromatic amines is 1. The molecule has 0 unspecified atom stereocenters. The van der Waals surface area contributed by atoms with Gasteiger partial charge in [-0.25, -0.2) is 5.10 Å². The third-order valence-electron chi connectivity index (χ3n) is 5.12. The molecular formula is C26H23BN4O2. The van der Waals surface area contributed by atoms with Gasteiger partial charge in [0.1, 0.15) is 5.41 Å². The van der Waals surface area contributed by atoms with Crippen LogP contribution in [0.2, 0.25) is 0 Å². The van der Waals surface area contributed by atoms with Crippen molar-refractivity contribution in [1.82, 2.24) is 20.6 Å². The summed E-state index contributed by atoms with van der Waals surface area (Å²) in [5.41, 5.74) is 3.57. The van der Waals surface area contributed by atoms with E-state index in [1.54, 1.807) is 0 Å². The Kier molecular flexibility index (Phi) is 9.24. The number of aromatic nitrogens is 4. The number of hydrogen-bond donors (Lipinski definition) is 1. The molecular weight excluding hydrogens is 411 g/mol. The van der Waals surface area contributed by atoms with Gasteiger partial charge in [0.15, 0.2) is 5.82 Å². The molecule has 5 rings (SSSR count). The van der Waals surface area contributed by atoms with Crippen molar-refractivity contribution >= 4 is 13.3 Å². The minimum absolute atomic E-state index is 0. The minimum atomic E-state index is -0.590. The smallest absolute Gasteiger partial charge is 0.168 e. The van der Waals surface area contributed by atoms with Crippen LogP contribution in [0.25, 0.3) is 0 Å². The Labute approximate surface area is 194 Å². The van der Waals surface area contributed by atoms with Crippen LogP contribution in [0.3, 0.4) is 0 Å². The fourth-order valence-corrected chi connectivity index (χ4v) is 3.75. The Hall–Kier alpha value is -4.07. The van der Waals surface area contributed by atoms with Gasteiger partial charge in [-0.3, -0.25) is 0 Å². The van der Waals surface area contributed by atoms with Gasteiger partial charge < -0.3 is 11.0 Å². The summed E-state index contributed by atoms with van der Waals surface area (Å²) in [5, 5.41) is 15.0. The third-order valence-corrected chi connectivity index (χ3v) is 5.12. The van der Waals surface area contributed by atoms with Gasteiger partial charge in [-0.2, -0.15) is 0 Å². The number of benzene rings is 4. The first kappa shape index (κ1) is 25.2. The second-order valence-electron chi connectivity index (χ2n) is 7.01. The van der Waals surface area contributed by atoms with E-state index in [4.69, 9.17) is 7.85 Å². The third kappa shape index (κ3) is 5.41. The molecule has 0 aliphatic heterocycles. The van der Waals surface area contributed by atoms with E-state index in [1.807, 2.05) is 84.9 Å². The molecule has 5 aromatic rings. The number of rotatable bonds is 4. The molecule has 0 bridgehead atoms. The standard InChI is InChI=1S/C20H16N4.C6H5B.2H2O/c1-4-10-16(11-5-1)20(19-21-23-24-22-19,17-12-6-2-7-13-17)18-14-8-3-9-15-18;7-6-4-2-1-3-5-6;;/h1-15H,(H,21,22,23,24);1-5H;2*1H2/q;+2;;/p-2. The van der Waals surface area contributed by atoms with E-state index >= 15 is 0 Å². The first-order valence-electron chi connectivity index (χ1n) is 10.0. The predicted octanol–water partition coefficient (Wildman–Crippen LogP) is 3.71. The van der Waals surface area contributed by atoms with Crippen molar-refractivity contribution in [2.24, 2.45) is 0 Å². The fourth-order valence-electron chi connectivity index (χ4n) is 3.75. The zero-order valence-electron chi connectivity index (χ0n) is 17.9. The first-order chi connectivity index (χ1) is 15.3. The molecule has 7 heteroatoms. The van der Waals surface area contributed by atoms with Crippen molar-refractivity contribution < 1.29 is 11.0 Å². The zero-order valence-corrected chi connectivity index (χ0v) is 17.9. The number of nitrogens with one attached hydrogen (secondary N) is 1. The maximum Gasteiger partial charge on any atom is 0.168 e. The predicted molar refractivity (Wildman–Crippen MR) is 128 cm³/mol. The Morgan fingerprint density at radius 2 is 0.909 bits per heavy atom. The molecule has 0 saturated heterocycles. The summed E-state index contributed by atoms with van der Waals surface area (Å²) in [6.45, 7) is 0. The molecule has 0 atom stereocenters. The van der Waals surface area contributed by atoms with E-state index in [9.17, 15) is 0 Å². The van der Waals surface area contributed by atoms with Crippen molar-refractivity contribution in [3.63, 3.8) is 0 Å². The van der Waals surface area contributed by atoms with Crippen LogP contribution >= 0.6 is 0 Å². The molecule has 0 aliphatic carbocycles. The molecule has 1 heterocycles. The van der Waals surface area contributed by atoms with Crippen molar-refractivity contribution in [2.45, 2.75) is 5.41 Å². The summed E-state index contributed by atoms with van der Waals surface area (Å²) in [6, 6.07) is 40.5. The molecule has 3 N–H and O–H groups in total. The quantitative estimate of drug-likeness (QED) is 0.342. The van der Waals surface area contributed by atoms with Gasteiger partial charge in [-0.15, -0.1) is 5.10 Å². The van der Waals surface area contributed by atoms with Gasteiger partial charge in [0.2, 0.25) is 0 Å². The molecule has 33 heavy (non-hydrogen) atoms. The van der Waals surface area contributed by atoms with E-state index < -0.39 is 5.41 Å². The van der Waals surface area contributed by atoms with Gasteiger partial charge in [-0.1, -0.05) is 91.0 Å². The van der Waals surface area contributed by atoms with E-state index in [2.05, 4.69) is 57.0 Å². The Morgan fingerprint density at radius 1 is 0.545 bits per heavy atom. The molecule has 1 aromatic heterocycles. The van der Waals surface area contributed by atoms with Crippen LogP contribution in [-0.2, 0) is 5.41 Å². The van der Waals surface area contributed by atoms with Crippen molar-refractivity contribution in [2.75, 3.05) is 0 Å². The Balaban J connectivity index is 0.000000371. The molecule has 0 aliphatic rings. The SMILES string of the molecule is [B+2]c1ccccc1.[OH-].[OH-].c1ccc(C(c2ccccc2)(c2ccccc2)c2nnn[nH]2)cc1. The fraction of sp³-hybridized carbons (Fsp3) is 0.0385. The molecule has 0 radical (unpaired) electrons. The first-order valence-corrected chi connectivity index (χ1v) is 10.0. The number of hydrogen-bond acceptors (Lipinski definition) is 5. The molecule has 0 amide bonds. The van der Waals surface area contributed by atoms with Gasteiger partial charge >= 0.3 is 43.6 Å². The van der Waals surface area contributed by atoms with E-state index in [0.717, 1.165) is 22.2 Å². The second kappa shape index (κ2) is 12.1. The van der Waals surface area contributed by atoms with Gasteiger partial charge in [0.25, 0.3) is 0 Å². The second-order valence-corrected chi connectivity index (χ2v) is 7.01. The molecule has 0 spiro atoms. The summed E-state index contributed by atoms with van der Waals surface area (Å²) in [4.78, 5) is 0. The van der Waals surface area contributed by atoms with Crippen LogP contribution in [0.15, 0.2) is 121 Å². The topological polar surface area (TPSA) is 114 Å². The zero-order chi connectivity index (χ0) is 21.4. The van der Waals surface area contributed by atoms with Gasteiger partial charge in [0.05, 0.1) is 0 Å². The molecule has 6 nitrogen and oxygen atoms in total. The number of H-pyrrole nitrogens is 1. The van der Waals surface area contributed by atoms with E-state index in [1.165, 1.54) is 0 Å². The van der Waals surface area contributed by atoms with E-state index in [0.29, 0.717) is 5.82 Å². The molecule has 162 valence electrons. The van der Waals surface area contributed by atoms with Crippen LogP contribution in [-0.4, -0.2) is 39.4 Å². The maximum atomic E-state index is 5.36. The van der Waals surface area contributed by atoms with Crippen LogP contribution in [0.4, 0.5) is 0 Å². The molecule has 0 fully saturated rings. The molecule has 0 saturated carbocycles. The number of nitrogens with zero attached hydrogens (tertiary/aromatic N) is 3. The monoisotopic (exact) mass is 434 g/mol. The van der Waals surface area contributed by atoms with Crippen LogP contribution in [0, 0.1) is 0 Å². The Morgan fingerprint density at radius 3 is 1.18 bits per heavy atom. The summed E-state index contributed by atoms with van der Waals surface area (Å²) in [7, 11) is 5.36. The van der Waals surface area contributed by atoms with Crippen molar-refractivity contribution in [3.05, 3.63) is 144 Å². The normalized spacial score (nSPS) is 10.1. The van der Waals surface area contributed by atoms with E-state index in [-0.39, 0.29) is 11.0 Å². The summed E-state index contributed by atoms with van der Waals surface area (Å²) >= 11 is 0. The Bertz CT molecular complexity index is 1080. The van der Waals surface area contributed by atoms with Gasteiger partial charge in [-0.05, 0) is 27.1 Å². The summed E-state index contributed by atoms with van der Waals surface area (Å²) < 4.78 is 0. The van der Waals surface area contributed by atoms with Crippen LogP contribution < -0.4 is 5.46 Å². The van der Waals surface area contributed by atoms with Gasteiger partial charge in [0, 0.05) is 0 Å². The molecule has 4 aromatic carbocycles. The average Bonchev–Trinajstić information content (AvgIpc) is 3.38. The van der Waals surface area contributed by atoms with Crippen molar-refractivity contribution in [3.8, 4) is 0 Å². The largest absolute Gasteiger partial charge is 0.870 e. The summed E-state index contributed by atoms with van der Waals surface area (Å²) in [6.07, 6.45) is 0. The van der Waals surface area contributed by atoms with Crippen LogP contribution in [0.1, 0.15) is 22.5 Å².